The predicted octanol–water partition coefficient (Wildman–Crippen LogP) is 2.50. The number of sulfonamides is 1. The second-order valence-corrected chi connectivity index (χ2v) is 7.51. The van der Waals surface area contributed by atoms with Crippen LogP contribution >= 0.6 is 0 Å². The van der Waals surface area contributed by atoms with Crippen LogP contribution in [0.5, 0.6) is 0 Å². The van der Waals surface area contributed by atoms with Gasteiger partial charge in [-0.1, -0.05) is 0 Å². The smallest absolute Gasteiger partial charge is 0.261 e. The SMILES string of the molecule is CC(=O)Nc1ccc(S(=O)(=O)Nc2ccc3c(c2)C(C)C(=O)N3)cc1. The number of carbonyl (C=O) groups excluding carboxylic acids is 2. The van der Waals surface area contributed by atoms with Gasteiger partial charge >= 0.3 is 0 Å². The van der Waals surface area contributed by atoms with Crippen molar-refractivity contribution in [2.75, 3.05) is 15.4 Å². The number of rotatable bonds is 4. The molecule has 0 radical (unpaired) electrons. The first-order chi connectivity index (χ1) is 11.8. The molecule has 0 saturated heterocycles. The van der Waals surface area contributed by atoms with Crippen molar-refractivity contribution in [3.8, 4) is 0 Å². The highest BCUT2D eigenvalue weighted by atomic mass is 32.2. The highest BCUT2D eigenvalue weighted by molar-refractivity contribution is 7.92. The van der Waals surface area contributed by atoms with Crippen LogP contribution in [0, 0.1) is 0 Å². The van der Waals surface area contributed by atoms with Gasteiger partial charge < -0.3 is 10.6 Å². The lowest BCUT2D eigenvalue weighted by molar-refractivity contribution is -0.116. The van der Waals surface area contributed by atoms with Crippen molar-refractivity contribution >= 4 is 38.9 Å². The molecule has 1 heterocycles. The summed E-state index contributed by atoms with van der Waals surface area (Å²) in [6.45, 7) is 3.14. The highest BCUT2D eigenvalue weighted by Gasteiger charge is 2.27. The maximum atomic E-state index is 12.5. The largest absolute Gasteiger partial charge is 0.326 e. The van der Waals surface area contributed by atoms with Crippen molar-refractivity contribution in [3.63, 3.8) is 0 Å². The number of anilines is 3. The summed E-state index contributed by atoms with van der Waals surface area (Å²) in [7, 11) is -3.78. The van der Waals surface area contributed by atoms with E-state index in [2.05, 4.69) is 15.4 Å². The second kappa shape index (κ2) is 6.21. The van der Waals surface area contributed by atoms with Gasteiger partial charge in [-0.15, -0.1) is 0 Å². The number of hydrogen-bond donors (Lipinski definition) is 3. The first-order valence-electron chi connectivity index (χ1n) is 7.61. The van der Waals surface area contributed by atoms with Gasteiger partial charge in [0.05, 0.1) is 10.8 Å². The quantitative estimate of drug-likeness (QED) is 0.780. The van der Waals surface area contributed by atoms with Crippen LogP contribution in [0.3, 0.4) is 0 Å². The normalized spacial score (nSPS) is 16.1. The van der Waals surface area contributed by atoms with E-state index in [0.717, 1.165) is 5.56 Å². The van der Waals surface area contributed by atoms with Gasteiger partial charge in [-0.2, -0.15) is 0 Å². The van der Waals surface area contributed by atoms with E-state index < -0.39 is 10.0 Å². The van der Waals surface area contributed by atoms with Crippen molar-refractivity contribution in [1.82, 2.24) is 0 Å². The molecule has 1 atom stereocenters. The molecule has 0 fully saturated rings. The van der Waals surface area contributed by atoms with E-state index in [0.29, 0.717) is 17.1 Å². The fourth-order valence-electron chi connectivity index (χ4n) is 2.62. The molecule has 130 valence electrons. The van der Waals surface area contributed by atoms with E-state index in [-0.39, 0.29) is 22.6 Å². The molecule has 1 aliphatic rings. The van der Waals surface area contributed by atoms with E-state index in [1.807, 2.05) is 0 Å². The van der Waals surface area contributed by atoms with Crippen LogP contribution in [0.1, 0.15) is 25.3 Å². The summed E-state index contributed by atoms with van der Waals surface area (Å²) in [4.78, 5) is 22.8. The van der Waals surface area contributed by atoms with Gasteiger partial charge in [-0.25, -0.2) is 8.42 Å². The summed E-state index contributed by atoms with van der Waals surface area (Å²) in [5.74, 6) is -0.663. The Morgan fingerprint density at radius 3 is 2.36 bits per heavy atom. The maximum Gasteiger partial charge on any atom is 0.261 e. The Labute approximate surface area is 145 Å². The van der Waals surface area contributed by atoms with Crippen molar-refractivity contribution < 1.29 is 18.0 Å². The molecule has 0 aromatic heterocycles. The molecule has 2 aromatic rings. The summed E-state index contributed by atoms with van der Waals surface area (Å²) in [6.07, 6.45) is 0. The zero-order valence-electron chi connectivity index (χ0n) is 13.7. The highest BCUT2D eigenvalue weighted by Crippen LogP contribution is 2.34. The topological polar surface area (TPSA) is 104 Å². The maximum absolute atomic E-state index is 12.5. The molecule has 8 heteroatoms. The third-order valence-corrected chi connectivity index (χ3v) is 5.30. The van der Waals surface area contributed by atoms with Crippen LogP contribution in [0.4, 0.5) is 17.1 Å². The minimum absolute atomic E-state index is 0.0735. The number of carbonyl (C=O) groups is 2. The molecular weight excluding hydrogens is 342 g/mol. The molecule has 1 aliphatic heterocycles. The fourth-order valence-corrected chi connectivity index (χ4v) is 3.66. The summed E-state index contributed by atoms with van der Waals surface area (Å²) >= 11 is 0. The van der Waals surface area contributed by atoms with Crippen LogP contribution in [0.15, 0.2) is 47.4 Å². The lowest BCUT2D eigenvalue weighted by atomic mass is 10.0. The van der Waals surface area contributed by atoms with Gasteiger partial charge in [0.25, 0.3) is 10.0 Å². The summed E-state index contributed by atoms with van der Waals surface area (Å²) in [6, 6.07) is 10.8. The van der Waals surface area contributed by atoms with Gasteiger partial charge in [-0.05, 0) is 55.0 Å². The first kappa shape index (κ1) is 17.0. The van der Waals surface area contributed by atoms with Crippen LogP contribution in [-0.2, 0) is 19.6 Å². The molecule has 7 nitrogen and oxygen atoms in total. The number of nitrogens with one attached hydrogen (secondary N) is 3. The Bertz CT molecular complexity index is 952. The molecule has 0 bridgehead atoms. The summed E-state index contributed by atoms with van der Waals surface area (Å²) in [5, 5.41) is 5.32. The Balaban J connectivity index is 1.82. The number of fused-ring (bicyclic) bond motifs is 1. The lowest BCUT2D eigenvalue weighted by Gasteiger charge is -2.11. The van der Waals surface area contributed by atoms with Crippen molar-refractivity contribution in [2.24, 2.45) is 0 Å². The van der Waals surface area contributed by atoms with Gasteiger partial charge in [0.1, 0.15) is 0 Å². The zero-order valence-corrected chi connectivity index (χ0v) is 14.5. The molecule has 1 unspecified atom stereocenters. The lowest BCUT2D eigenvalue weighted by Crippen LogP contribution is -2.13. The van der Waals surface area contributed by atoms with Crippen LogP contribution in [0.2, 0.25) is 0 Å². The van der Waals surface area contributed by atoms with Crippen molar-refractivity contribution in [3.05, 3.63) is 48.0 Å². The van der Waals surface area contributed by atoms with Crippen LogP contribution < -0.4 is 15.4 Å². The Kier molecular flexibility index (Phi) is 4.22. The van der Waals surface area contributed by atoms with Gasteiger partial charge in [0, 0.05) is 24.0 Å². The average Bonchev–Trinajstić information content (AvgIpc) is 2.82. The molecule has 25 heavy (non-hydrogen) atoms. The Morgan fingerprint density at radius 2 is 1.72 bits per heavy atom. The number of amides is 2. The van der Waals surface area contributed by atoms with Gasteiger partial charge in [0.2, 0.25) is 11.8 Å². The first-order valence-corrected chi connectivity index (χ1v) is 9.10. The van der Waals surface area contributed by atoms with Gasteiger partial charge in [0.15, 0.2) is 0 Å². The second-order valence-electron chi connectivity index (χ2n) is 5.82. The molecule has 0 spiro atoms. The third-order valence-electron chi connectivity index (χ3n) is 3.91. The Hall–Kier alpha value is -2.87. The Morgan fingerprint density at radius 1 is 1.08 bits per heavy atom. The molecule has 0 aliphatic carbocycles. The van der Waals surface area contributed by atoms with E-state index in [4.69, 9.17) is 0 Å². The van der Waals surface area contributed by atoms with Crippen LogP contribution in [-0.4, -0.2) is 20.2 Å². The zero-order chi connectivity index (χ0) is 18.2. The summed E-state index contributed by atoms with van der Waals surface area (Å²) in [5.41, 5.74) is 2.35. The summed E-state index contributed by atoms with van der Waals surface area (Å²) < 4.78 is 27.5. The molecule has 0 saturated carbocycles. The molecule has 3 rings (SSSR count). The number of hydrogen-bond acceptors (Lipinski definition) is 4. The standard InChI is InChI=1S/C17H17N3O4S/c1-10-15-9-13(5-8-16(15)19-17(10)22)20-25(23,24)14-6-3-12(4-7-14)18-11(2)21/h3-10,20H,1-2H3,(H,18,21)(H,19,22). The fraction of sp³-hybridized carbons (Fsp3) is 0.176. The minimum atomic E-state index is -3.78. The molecule has 2 aromatic carbocycles. The van der Waals surface area contributed by atoms with E-state index >= 15 is 0 Å². The molecular formula is C17H17N3O4S. The number of benzene rings is 2. The van der Waals surface area contributed by atoms with E-state index in [9.17, 15) is 18.0 Å². The van der Waals surface area contributed by atoms with Crippen molar-refractivity contribution in [2.45, 2.75) is 24.7 Å². The minimum Gasteiger partial charge on any atom is -0.326 e. The van der Waals surface area contributed by atoms with Crippen molar-refractivity contribution in [1.29, 1.82) is 0 Å². The van der Waals surface area contributed by atoms with E-state index in [1.54, 1.807) is 25.1 Å². The predicted molar refractivity (Wildman–Crippen MR) is 95.0 cm³/mol. The third kappa shape index (κ3) is 3.48. The molecule has 2 amide bonds. The average molecular weight is 359 g/mol. The van der Waals surface area contributed by atoms with E-state index in [1.165, 1.54) is 31.2 Å². The van der Waals surface area contributed by atoms with Gasteiger partial charge in [-0.3, -0.25) is 14.3 Å². The molecule has 3 N–H and O–H groups in total. The monoisotopic (exact) mass is 359 g/mol. The van der Waals surface area contributed by atoms with Crippen LogP contribution in [0.25, 0.3) is 0 Å².